The average molecular weight is 415 g/mol. The zero-order chi connectivity index (χ0) is 21.0. The summed E-state index contributed by atoms with van der Waals surface area (Å²) in [6.45, 7) is 2.49. The topological polar surface area (TPSA) is 75.8 Å². The van der Waals surface area contributed by atoms with Crippen LogP contribution < -0.4 is 5.73 Å². The van der Waals surface area contributed by atoms with Crippen molar-refractivity contribution < 1.29 is 0 Å². The summed E-state index contributed by atoms with van der Waals surface area (Å²) in [5, 5.41) is 5.55. The molecule has 2 aromatic heterocycles. The highest BCUT2D eigenvalue weighted by molar-refractivity contribution is 5.83. The van der Waals surface area contributed by atoms with Crippen molar-refractivity contribution in [2.24, 2.45) is 11.7 Å². The molecule has 31 heavy (non-hydrogen) atoms. The molecule has 0 saturated carbocycles. The van der Waals surface area contributed by atoms with Crippen LogP contribution in [0.5, 0.6) is 0 Å². The molecule has 0 aliphatic carbocycles. The van der Waals surface area contributed by atoms with Gasteiger partial charge in [0.05, 0.1) is 6.54 Å². The molecule has 1 aliphatic rings. The number of nitrogens with one attached hydrogen (secondary N) is 1. The van der Waals surface area contributed by atoms with Crippen molar-refractivity contribution in [3.63, 3.8) is 0 Å². The summed E-state index contributed by atoms with van der Waals surface area (Å²) in [5.74, 6) is 0.666. The third kappa shape index (κ3) is 4.40. The van der Waals surface area contributed by atoms with Gasteiger partial charge in [0.1, 0.15) is 12.7 Å². The molecule has 5 rings (SSSR count). The van der Waals surface area contributed by atoms with Gasteiger partial charge in [0.15, 0.2) is 0 Å². The molecule has 1 saturated heterocycles. The Morgan fingerprint density at radius 1 is 1.10 bits per heavy atom. The molecule has 2 atom stereocenters. The van der Waals surface area contributed by atoms with Gasteiger partial charge in [0.25, 0.3) is 0 Å². The maximum absolute atomic E-state index is 6.11. The lowest BCUT2D eigenvalue weighted by molar-refractivity contribution is 0.219. The second-order valence-electron chi connectivity index (χ2n) is 8.63. The molecule has 0 amide bonds. The lowest BCUT2D eigenvalue weighted by atomic mass is 9.89. The van der Waals surface area contributed by atoms with Crippen molar-refractivity contribution in [2.45, 2.75) is 38.3 Å². The van der Waals surface area contributed by atoms with Crippen LogP contribution >= 0.6 is 0 Å². The smallest absolute Gasteiger partial charge is 0.137 e. The zero-order valence-electron chi connectivity index (χ0n) is 17.8. The predicted octanol–water partition coefficient (Wildman–Crippen LogP) is 3.59. The number of rotatable bonds is 8. The fourth-order valence-corrected chi connectivity index (χ4v) is 5.12. The minimum Gasteiger partial charge on any atom is -0.361 e. The van der Waals surface area contributed by atoms with Crippen LogP contribution in [0, 0.1) is 5.92 Å². The Morgan fingerprint density at radius 2 is 2.00 bits per heavy atom. The van der Waals surface area contributed by atoms with Gasteiger partial charge < -0.3 is 10.7 Å². The molecule has 1 fully saturated rings. The molecular weight excluding hydrogens is 384 g/mol. The molecule has 0 bridgehead atoms. The Labute approximate surface area is 183 Å². The summed E-state index contributed by atoms with van der Waals surface area (Å²) >= 11 is 0. The van der Waals surface area contributed by atoms with Gasteiger partial charge in [-0.3, -0.25) is 4.90 Å². The Hall–Kier alpha value is -2.96. The third-order valence-corrected chi connectivity index (χ3v) is 6.73. The third-order valence-electron chi connectivity index (χ3n) is 6.73. The first-order valence-corrected chi connectivity index (χ1v) is 11.2. The lowest BCUT2D eigenvalue weighted by Gasteiger charge is -2.27. The fraction of sp³-hybridized carbons (Fsp3) is 0.360. The van der Waals surface area contributed by atoms with Crippen LogP contribution in [0.15, 0.2) is 67.4 Å². The Morgan fingerprint density at radius 3 is 2.81 bits per heavy atom. The summed E-state index contributed by atoms with van der Waals surface area (Å²) in [7, 11) is 0. The number of aryl methyl sites for hydroxylation is 1. The molecule has 0 spiro atoms. The van der Waals surface area contributed by atoms with Gasteiger partial charge in [0, 0.05) is 29.8 Å². The van der Waals surface area contributed by atoms with Crippen molar-refractivity contribution in [1.82, 2.24) is 24.6 Å². The predicted molar refractivity (Wildman–Crippen MR) is 124 cm³/mol. The van der Waals surface area contributed by atoms with E-state index in [1.54, 1.807) is 12.7 Å². The van der Waals surface area contributed by atoms with E-state index in [1.165, 1.54) is 34.0 Å². The van der Waals surface area contributed by atoms with Crippen LogP contribution in [0.1, 0.15) is 29.5 Å². The van der Waals surface area contributed by atoms with Crippen molar-refractivity contribution in [3.05, 3.63) is 84.1 Å². The van der Waals surface area contributed by atoms with Crippen molar-refractivity contribution in [2.75, 3.05) is 13.2 Å². The lowest BCUT2D eigenvalue weighted by Crippen LogP contribution is -2.37. The first-order valence-electron chi connectivity index (χ1n) is 11.2. The standard InChI is InChI=1S/C25H30N6/c26-16-30-11-10-21(12-19-4-2-1-3-5-19)25(30)9-7-22-14-28-24-8-6-20(13-23(22)24)15-31-18-27-17-29-31/h1-6,8,13-14,17-18,21,25,28H,7,9-12,15-16,26H2/t21-,25?/m1/s1. The van der Waals surface area contributed by atoms with Gasteiger partial charge in [-0.1, -0.05) is 36.4 Å². The van der Waals surface area contributed by atoms with Gasteiger partial charge in [-0.05, 0) is 67.0 Å². The Balaban J connectivity index is 1.31. The molecule has 6 nitrogen and oxygen atoms in total. The summed E-state index contributed by atoms with van der Waals surface area (Å²) in [6.07, 6.45) is 10.1. The van der Waals surface area contributed by atoms with Crippen LogP contribution in [0.25, 0.3) is 10.9 Å². The van der Waals surface area contributed by atoms with E-state index in [1.807, 2.05) is 4.68 Å². The maximum atomic E-state index is 6.11. The number of likely N-dealkylation sites (tertiary alicyclic amines) is 1. The van der Waals surface area contributed by atoms with E-state index in [-0.39, 0.29) is 0 Å². The van der Waals surface area contributed by atoms with E-state index in [4.69, 9.17) is 5.73 Å². The minimum atomic E-state index is 0.536. The highest BCUT2D eigenvalue weighted by atomic mass is 15.3. The normalized spacial score (nSPS) is 19.4. The number of nitrogens with zero attached hydrogens (tertiary/aromatic N) is 4. The van der Waals surface area contributed by atoms with Gasteiger partial charge >= 0.3 is 0 Å². The zero-order valence-corrected chi connectivity index (χ0v) is 17.8. The summed E-state index contributed by atoms with van der Waals surface area (Å²) < 4.78 is 1.86. The number of benzene rings is 2. The van der Waals surface area contributed by atoms with E-state index in [9.17, 15) is 0 Å². The molecule has 3 heterocycles. The highest BCUT2D eigenvalue weighted by Crippen LogP contribution is 2.31. The van der Waals surface area contributed by atoms with E-state index in [2.05, 4.69) is 74.7 Å². The van der Waals surface area contributed by atoms with E-state index < -0.39 is 0 Å². The van der Waals surface area contributed by atoms with E-state index in [0.717, 1.165) is 32.4 Å². The van der Waals surface area contributed by atoms with Gasteiger partial charge in [-0.15, -0.1) is 0 Å². The Kier molecular flexibility index (Phi) is 5.82. The number of nitrogens with two attached hydrogens (primary N) is 1. The number of fused-ring (bicyclic) bond motifs is 1. The van der Waals surface area contributed by atoms with Crippen LogP contribution in [0.3, 0.4) is 0 Å². The summed E-state index contributed by atoms with van der Waals surface area (Å²) in [6, 6.07) is 18.0. The number of hydrogen-bond acceptors (Lipinski definition) is 4. The summed E-state index contributed by atoms with van der Waals surface area (Å²) in [4.78, 5) is 9.97. The monoisotopic (exact) mass is 414 g/mol. The quantitative estimate of drug-likeness (QED) is 0.462. The first kappa shape index (κ1) is 20.0. The number of H-pyrrole nitrogens is 1. The first-order chi connectivity index (χ1) is 15.3. The van der Waals surface area contributed by atoms with E-state index >= 15 is 0 Å². The van der Waals surface area contributed by atoms with Gasteiger partial charge in [-0.25, -0.2) is 9.67 Å². The molecule has 1 aliphatic heterocycles. The number of aromatic nitrogens is 4. The van der Waals surface area contributed by atoms with Crippen molar-refractivity contribution in [1.29, 1.82) is 0 Å². The van der Waals surface area contributed by atoms with Crippen LogP contribution in [-0.4, -0.2) is 43.9 Å². The SMILES string of the molecule is NCN1CC[C@H](Cc2ccccc2)C1CCc1c[nH]c2ccc(Cn3cncn3)cc12. The fourth-order valence-electron chi connectivity index (χ4n) is 5.12. The average Bonchev–Trinajstić information content (AvgIpc) is 3.53. The summed E-state index contributed by atoms with van der Waals surface area (Å²) in [5.41, 5.74) is 11.4. The minimum absolute atomic E-state index is 0.536. The van der Waals surface area contributed by atoms with E-state index in [0.29, 0.717) is 18.6 Å². The molecule has 6 heteroatoms. The van der Waals surface area contributed by atoms with Crippen LogP contribution in [0.2, 0.25) is 0 Å². The van der Waals surface area contributed by atoms with Gasteiger partial charge in [0.2, 0.25) is 0 Å². The molecule has 0 radical (unpaired) electrons. The van der Waals surface area contributed by atoms with Crippen molar-refractivity contribution >= 4 is 10.9 Å². The molecular formula is C25H30N6. The molecule has 4 aromatic rings. The van der Waals surface area contributed by atoms with Gasteiger partial charge in [-0.2, -0.15) is 5.10 Å². The molecule has 1 unspecified atom stereocenters. The van der Waals surface area contributed by atoms with Crippen molar-refractivity contribution in [3.8, 4) is 0 Å². The molecule has 2 aromatic carbocycles. The highest BCUT2D eigenvalue weighted by Gasteiger charge is 2.33. The second-order valence-corrected chi connectivity index (χ2v) is 8.63. The Bertz CT molecular complexity index is 1100. The largest absolute Gasteiger partial charge is 0.361 e. The second kappa shape index (κ2) is 9.04. The van der Waals surface area contributed by atoms with Crippen LogP contribution in [-0.2, 0) is 19.4 Å². The molecule has 160 valence electrons. The van der Waals surface area contributed by atoms with Crippen LogP contribution in [0.4, 0.5) is 0 Å². The number of hydrogen-bond donors (Lipinski definition) is 2. The maximum Gasteiger partial charge on any atom is 0.137 e. The molecule has 3 N–H and O–H groups in total. The number of aromatic amines is 1.